The third kappa shape index (κ3) is 1.82. The van der Waals surface area contributed by atoms with Gasteiger partial charge in [0.1, 0.15) is 5.01 Å². The van der Waals surface area contributed by atoms with Crippen molar-refractivity contribution in [2.24, 2.45) is 5.73 Å². The zero-order valence-electron chi connectivity index (χ0n) is 9.09. The van der Waals surface area contributed by atoms with Crippen molar-refractivity contribution in [1.29, 1.82) is 0 Å². The van der Waals surface area contributed by atoms with Gasteiger partial charge in [-0.15, -0.1) is 10.2 Å². The molecular weight excluding hydrogens is 222 g/mol. The summed E-state index contributed by atoms with van der Waals surface area (Å²) < 4.78 is 1.93. The van der Waals surface area contributed by atoms with Crippen LogP contribution in [0.1, 0.15) is 42.4 Å². The molecule has 1 aliphatic rings. The van der Waals surface area contributed by atoms with Crippen LogP contribution in [-0.2, 0) is 6.42 Å². The maximum Gasteiger partial charge on any atom is 0.234 e. The monoisotopic (exact) mass is 237 g/mol. The summed E-state index contributed by atoms with van der Waals surface area (Å²) in [4.78, 5) is 0.935. The molecule has 1 saturated carbocycles. The Kier molecular flexibility index (Phi) is 2.61. The third-order valence-corrected chi connectivity index (χ3v) is 3.80. The normalized spacial score (nSPS) is 16.1. The van der Waals surface area contributed by atoms with Crippen LogP contribution in [0.4, 0.5) is 0 Å². The number of hydrogen-bond donors (Lipinski definition) is 1. The summed E-state index contributed by atoms with van der Waals surface area (Å²) in [6, 6.07) is 0. The average Bonchev–Trinajstić information content (AvgIpc) is 2.91. The largest absolute Gasteiger partial charge is 0.330 e. The van der Waals surface area contributed by atoms with Gasteiger partial charge in [0.05, 0.1) is 0 Å². The van der Waals surface area contributed by atoms with Crippen LogP contribution in [0.15, 0.2) is 0 Å². The van der Waals surface area contributed by atoms with Gasteiger partial charge >= 0.3 is 0 Å². The molecule has 16 heavy (non-hydrogen) atoms. The molecule has 2 heterocycles. The first-order valence-corrected chi connectivity index (χ1v) is 6.61. The fraction of sp³-hybridized carbons (Fsp3) is 0.700. The maximum absolute atomic E-state index is 5.48. The van der Waals surface area contributed by atoms with Gasteiger partial charge in [-0.25, -0.2) is 0 Å². The first-order chi connectivity index (χ1) is 7.88. The van der Waals surface area contributed by atoms with Gasteiger partial charge in [-0.3, -0.25) is 0 Å². The Bertz CT molecular complexity index is 484. The molecule has 1 fully saturated rings. The molecule has 0 spiro atoms. The van der Waals surface area contributed by atoms with Crippen LogP contribution in [0.2, 0.25) is 0 Å². The fourth-order valence-corrected chi connectivity index (χ4v) is 2.67. The maximum atomic E-state index is 5.48. The van der Waals surface area contributed by atoms with Crippen LogP contribution < -0.4 is 5.73 Å². The van der Waals surface area contributed by atoms with Crippen molar-refractivity contribution < 1.29 is 0 Å². The van der Waals surface area contributed by atoms with Gasteiger partial charge in [0.25, 0.3) is 0 Å². The van der Waals surface area contributed by atoms with E-state index >= 15 is 0 Å². The van der Waals surface area contributed by atoms with Gasteiger partial charge in [-0.1, -0.05) is 11.3 Å². The second-order valence-electron chi connectivity index (χ2n) is 4.27. The lowest BCUT2D eigenvalue weighted by atomic mass is 10.2. The van der Waals surface area contributed by atoms with Crippen LogP contribution in [-0.4, -0.2) is 26.4 Å². The molecule has 2 N–H and O–H groups in total. The van der Waals surface area contributed by atoms with Gasteiger partial charge < -0.3 is 5.73 Å². The number of aryl methyl sites for hydroxylation is 1. The van der Waals surface area contributed by atoms with Crippen molar-refractivity contribution in [3.05, 3.63) is 10.8 Å². The molecule has 1 aliphatic carbocycles. The lowest BCUT2D eigenvalue weighted by Crippen LogP contribution is -1.99. The Morgan fingerprint density at radius 3 is 2.94 bits per heavy atom. The molecule has 6 heteroatoms. The SMILES string of the molecule is NCCCCc1nn2c(C3CC3)nnc2s1. The molecule has 0 bridgehead atoms. The smallest absolute Gasteiger partial charge is 0.234 e. The molecule has 86 valence electrons. The van der Waals surface area contributed by atoms with E-state index in [2.05, 4.69) is 15.3 Å². The molecule has 5 nitrogen and oxygen atoms in total. The molecular formula is C10H15N5S. The number of rotatable bonds is 5. The van der Waals surface area contributed by atoms with E-state index in [1.807, 2.05) is 4.52 Å². The highest BCUT2D eigenvalue weighted by Crippen LogP contribution is 2.39. The highest BCUT2D eigenvalue weighted by Gasteiger charge is 2.29. The van der Waals surface area contributed by atoms with Gasteiger partial charge in [-0.05, 0) is 32.2 Å². The van der Waals surface area contributed by atoms with Crippen LogP contribution in [0.5, 0.6) is 0 Å². The second-order valence-corrected chi connectivity index (χ2v) is 5.31. The van der Waals surface area contributed by atoms with Crippen molar-refractivity contribution in [1.82, 2.24) is 19.8 Å². The molecule has 0 radical (unpaired) electrons. The van der Waals surface area contributed by atoms with E-state index in [0.717, 1.165) is 41.6 Å². The van der Waals surface area contributed by atoms with Crippen LogP contribution in [0, 0.1) is 0 Å². The molecule has 3 rings (SSSR count). The summed E-state index contributed by atoms with van der Waals surface area (Å²) in [5, 5.41) is 14.1. The predicted molar refractivity (Wildman–Crippen MR) is 62.6 cm³/mol. The van der Waals surface area contributed by atoms with E-state index in [1.54, 1.807) is 11.3 Å². The van der Waals surface area contributed by atoms with Crippen LogP contribution in [0.25, 0.3) is 4.96 Å². The van der Waals surface area contributed by atoms with Gasteiger partial charge in [0.2, 0.25) is 4.96 Å². The van der Waals surface area contributed by atoms with Crippen molar-refractivity contribution in [3.63, 3.8) is 0 Å². The highest BCUT2D eigenvalue weighted by atomic mass is 32.1. The summed E-state index contributed by atoms with van der Waals surface area (Å²) >= 11 is 1.65. The summed E-state index contributed by atoms with van der Waals surface area (Å²) in [5.74, 6) is 1.66. The number of hydrogen-bond acceptors (Lipinski definition) is 5. The Balaban J connectivity index is 1.80. The first kappa shape index (κ1) is 10.2. The van der Waals surface area contributed by atoms with E-state index in [-0.39, 0.29) is 0 Å². The molecule has 0 saturated heterocycles. The lowest BCUT2D eigenvalue weighted by molar-refractivity contribution is 0.722. The van der Waals surface area contributed by atoms with Gasteiger partial charge in [0.15, 0.2) is 5.82 Å². The lowest BCUT2D eigenvalue weighted by Gasteiger charge is -1.93. The number of aromatic nitrogens is 4. The second kappa shape index (κ2) is 4.10. The quantitative estimate of drug-likeness (QED) is 0.797. The van der Waals surface area contributed by atoms with Crippen LogP contribution in [0.3, 0.4) is 0 Å². The number of fused-ring (bicyclic) bond motifs is 1. The van der Waals surface area contributed by atoms with E-state index < -0.39 is 0 Å². The Morgan fingerprint density at radius 1 is 1.31 bits per heavy atom. The minimum absolute atomic E-state index is 0.606. The molecule has 0 unspecified atom stereocenters. The highest BCUT2D eigenvalue weighted by molar-refractivity contribution is 7.16. The van der Waals surface area contributed by atoms with Crippen molar-refractivity contribution >= 4 is 16.3 Å². The Morgan fingerprint density at radius 2 is 2.19 bits per heavy atom. The minimum Gasteiger partial charge on any atom is -0.330 e. The van der Waals surface area contributed by atoms with E-state index in [9.17, 15) is 0 Å². The summed E-state index contributed by atoms with van der Waals surface area (Å²) in [6.45, 7) is 0.761. The predicted octanol–water partition coefficient (Wildman–Crippen LogP) is 1.34. The third-order valence-electron chi connectivity index (χ3n) is 2.84. The summed E-state index contributed by atoms with van der Waals surface area (Å²) in [5.41, 5.74) is 5.48. The van der Waals surface area contributed by atoms with E-state index in [4.69, 9.17) is 5.73 Å². The Hall–Kier alpha value is -1.01. The fourth-order valence-electron chi connectivity index (χ4n) is 1.79. The van der Waals surface area contributed by atoms with E-state index in [0.29, 0.717) is 5.92 Å². The van der Waals surface area contributed by atoms with Crippen molar-refractivity contribution in [3.8, 4) is 0 Å². The molecule has 0 aliphatic heterocycles. The van der Waals surface area contributed by atoms with Crippen molar-refractivity contribution in [2.75, 3.05) is 6.54 Å². The topological polar surface area (TPSA) is 69.1 Å². The minimum atomic E-state index is 0.606. The number of unbranched alkanes of at least 4 members (excludes halogenated alkanes) is 1. The van der Waals surface area contributed by atoms with Gasteiger partial charge in [-0.2, -0.15) is 9.61 Å². The zero-order valence-corrected chi connectivity index (χ0v) is 9.91. The summed E-state index contributed by atoms with van der Waals surface area (Å²) in [6.07, 6.45) is 5.66. The van der Waals surface area contributed by atoms with E-state index in [1.165, 1.54) is 12.8 Å². The number of nitrogens with two attached hydrogens (primary N) is 1. The first-order valence-electron chi connectivity index (χ1n) is 5.79. The standard InChI is InChI=1S/C10H15N5S/c11-6-2-1-3-8-14-15-9(7-4-5-7)12-13-10(15)16-8/h7H,1-6,11H2. The molecule has 0 amide bonds. The van der Waals surface area contributed by atoms with Crippen molar-refractivity contribution in [2.45, 2.75) is 38.0 Å². The van der Waals surface area contributed by atoms with Crippen LogP contribution >= 0.6 is 11.3 Å². The molecule has 2 aromatic rings. The zero-order chi connectivity index (χ0) is 11.0. The number of nitrogens with zero attached hydrogens (tertiary/aromatic N) is 4. The van der Waals surface area contributed by atoms with Gasteiger partial charge in [0, 0.05) is 12.3 Å². The molecule has 0 atom stereocenters. The molecule has 2 aromatic heterocycles. The molecule has 0 aromatic carbocycles. The Labute approximate surface area is 97.7 Å². The summed E-state index contributed by atoms with van der Waals surface area (Å²) in [7, 11) is 0. The average molecular weight is 237 g/mol.